The van der Waals surface area contributed by atoms with Crippen LogP contribution in [0.4, 0.5) is 0 Å². The summed E-state index contributed by atoms with van der Waals surface area (Å²) in [6.45, 7) is 2.02. The van der Waals surface area contributed by atoms with E-state index in [2.05, 4.69) is 59.9 Å². The molecule has 0 aromatic heterocycles. The van der Waals surface area contributed by atoms with E-state index in [0.717, 1.165) is 24.8 Å². The van der Waals surface area contributed by atoms with Crippen LogP contribution in [-0.2, 0) is 6.54 Å². The minimum absolute atomic E-state index is 0.860. The Morgan fingerprint density at radius 1 is 0.950 bits per heavy atom. The minimum atomic E-state index is 0.860. The molecule has 0 spiro atoms. The Labute approximate surface area is 125 Å². The third-order valence-corrected chi connectivity index (χ3v) is 4.66. The third kappa shape index (κ3) is 4.12. The molecule has 1 nitrogen and oxygen atoms in total. The zero-order chi connectivity index (χ0) is 13.6. The van der Waals surface area contributed by atoms with Crippen LogP contribution in [0.15, 0.2) is 59.5 Å². The summed E-state index contributed by atoms with van der Waals surface area (Å²) in [5.41, 5.74) is 2.91. The van der Waals surface area contributed by atoms with E-state index in [4.69, 9.17) is 0 Å². The first-order chi connectivity index (χ1) is 9.92. The van der Waals surface area contributed by atoms with Crippen LogP contribution in [0.25, 0.3) is 0 Å². The van der Waals surface area contributed by atoms with Crippen LogP contribution in [0.3, 0.4) is 0 Å². The summed E-state index contributed by atoms with van der Waals surface area (Å²) >= 11 is 1.91. The second-order valence-corrected chi connectivity index (χ2v) is 6.52. The summed E-state index contributed by atoms with van der Waals surface area (Å²) in [6, 6.07) is 19.7. The van der Waals surface area contributed by atoms with Gasteiger partial charge in [0.15, 0.2) is 0 Å². The first-order valence-electron chi connectivity index (χ1n) is 7.39. The lowest BCUT2D eigenvalue weighted by Gasteiger charge is -2.06. The van der Waals surface area contributed by atoms with Gasteiger partial charge in [-0.15, -0.1) is 11.8 Å². The quantitative estimate of drug-likeness (QED) is 0.595. The predicted octanol–water partition coefficient (Wildman–Crippen LogP) is 4.45. The molecule has 0 atom stereocenters. The molecule has 104 valence electrons. The molecule has 1 fully saturated rings. The highest BCUT2D eigenvalue weighted by Gasteiger charge is 2.22. The van der Waals surface area contributed by atoms with Crippen LogP contribution in [0, 0.1) is 0 Å². The normalized spacial score (nSPS) is 14.4. The van der Waals surface area contributed by atoms with Crippen LogP contribution >= 0.6 is 11.8 Å². The van der Waals surface area contributed by atoms with E-state index in [1.165, 1.54) is 28.9 Å². The van der Waals surface area contributed by atoms with E-state index in [1.807, 2.05) is 11.8 Å². The molecule has 0 unspecified atom stereocenters. The molecule has 2 heteroatoms. The first-order valence-corrected chi connectivity index (χ1v) is 8.38. The van der Waals surface area contributed by atoms with Gasteiger partial charge in [-0.2, -0.15) is 0 Å². The molecule has 0 radical (unpaired) electrons. The standard InChI is InChI=1S/C18H21NS/c1-2-4-18(5-3-1)20-13-12-19-14-15-6-8-16(9-7-15)17-10-11-17/h1-9,17,19H,10-14H2. The van der Waals surface area contributed by atoms with Gasteiger partial charge in [0, 0.05) is 23.7 Å². The van der Waals surface area contributed by atoms with Crippen molar-refractivity contribution in [2.24, 2.45) is 0 Å². The lowest BCUT2D eigenvalue weighted by atomic mass is 10.1. The second-order valence-electron chi connectivity index (χ2n) is 5.35. The van der Waals surface area contributed by atoms with Gasteiger partial charge in [0.2, 0.25) is 0 Å². The number of hydrogen-bond donors (Lipinski definition) is 1. The van der Waals surface area contributed by atoms with Crippen molar-refractivity contribution in [1.82, 2.24) is 5.32 Å². The molecule has 2 aromatic carbocycles. The fraction of sp³-hybridized carbons (Fsp3) is 0.333. The second kappa shape index (κ2) is 6.96. The van der Waals surface area contributed by atoms with Crippen molar-refractivity contribution in [2.45, 2.75) is 30.2 Å². The number of hydrogen-bond acceptors (Lipinski definition) is 2. The zero-order valence-corrected chi connectivity index (χ0v) is 12.5. The van der Waals surface area contributed by atoms with Gasteiger partial charge in [-0.25, -0.2) is 0 Å². The van der Waals surface area contributed by atoms with E-state index in [1.54, 1.807) is 0 Å². The fourth-order valence-corrected chi connectivity index (χ4v) is 3.15. The van der Waals surface area contributed by atoms with Gasteiger partial charge >= 0.3 is 0 Å². The Balaban J connectivity index is 1.35. The summed E-state index contributed by atoms with van der Waals surface area (Å²) in [7, 11) is 0. The summed E-state index contributed by atoms with van der Waals surface area (Å²) in [6.07, 6.45) is 2.77. The molecule has 0 bridgehead atoms. The van der Waals surface area contributed by atoms with E-state index in [0.29, 0.717) is 0 Å². The van der Waals surface area contributed by atoms with E-state index < -0.39 is 0 Å². The molecule has 1 N–H and O–H groups in total. The Bertz CT molecular complexity index is 517. The summed E-state index contributed by atoms with van der Waals surface area (Å²) in [5, 5.41) is 3.52. The van der Waals surface area contributed by atoms with E-state index >= 15 is 0 Å². The van der Waals surface area contributed by atoms with Crippen molar-refractivity contribution in [3.63, 3.8) is 0 Å². The fourth-order valence-electron chi connectivity index (χ4n) is 2.31. The maximum absolute atomic E-state index is 3.52. The highest BCUT2D eigenvalue weighted by Crippen LogP contribution is 2.39. The lowest BCUT2D eigenvalue weighted by Crippen LogP contribution is -2.16. The van der Waals surface area contributed by atoms with Crippen LogP contribution in [-0.4, -0.2) is 12.3 Å². The van der Waals surface area contributed by atoms with Gasteiger partial charge < -0.3 is 5.32 Å². The maximum atomic E-state index is 3.52. The molecule has 0 aliphatic heterocycles. The van der Waals surface area contributed by atoms with Gasteiger partial charge in [0.25, 0.3) is 0 Å². The Hall–Kier alpha value is -1.25. The first kappa shape index (κ1) is 13.7. The predicted molar refractivity (Wildman–Crippen MR) is 87.3 cm³/mol. The van der Waals surface area contributed by atoms with Crippen molar-refractivity contribution in [3.8, 4) is 0 Å². The van der Waals surface area contributed by atoms with Crippen LogP contribution in [0.5, 0.6) is 0 Å². The SMILES string of the molecule is c1ccc(SCCNCc2ccc(C3CC3)cc2)cc1. The number of thioether (sulfide) groups is 1. The van der Waals surface area contributed by atoms with Crippen molar-refractivity contribution < 1.29 is 0 Å². The van der Waals surface area contributed by atoms with Crippen LogP contribution in [0.1, 0.15) is 29.9 Å². The third-order valence-electron chi connectivity index (χ3n) is 3.65. The van der Waals surface area contributed by atoms with Gasteiger partial charge in [0.05, 0.1) is 0 Å². The summed E-state index contributed by atoms with van der Waals surface area (Å²) in [4.78, 5) is 1.35. The largest absolute Gasteiger partial charge is 0.312 e. The molecule has 0 amide bonds. The van der Waals surface area contributed by atoms with Gasteiger partial charge in [-0.05, 0) is 42.0 Å². The van der Waals surface area contributed by atoms with Crippen molar-refractivity contribution >= 4 is 11.8 Å². The molecular weight excluding hydrogens is 262 g/mol. The average Bonchev–Trinajstić information content (AvgIpc) is 3.33. The maximum Gasteiger partial charge on any atom is 0.0205 e. The van der Waals surface area contributed by atoms with Crippen molar-refractivity contribution in [1.29, 1.82) is 0 Å². The number of benzene rings is 2. The smallest absolute Gasteiger partial charge is 0.0205 e. The van der Waals surface area contributed by atoms with Gasteiger partial charge in [-0.1, -0.05) is 42.5 Å². The number of nitrogens with one attached hydrogen (secondary N) is 1. The molecular formula is C18H21NS. The molecule has 3 rings (SSSR count). The molecule has 2 aromatic rings. The zero-order valence-electron chi connectivity index (χ0n) is 11.7. The van der Waals surface area contributed by atoms with Crippen LogP contribution < -0.4 is 5.32 Å². The lowest BCUT2D eigenvalue weighted by molar-refractivity contribution is 0.731. The monoisotopic (exact) mass is 283 g/mol. The Morgan fingerprint density at radius 3 is 2.40 bits per heavy atom. The molecule has 1 saturated carbocycles. The van der Waals surface area contributed by atoms with Gasteiger partial charge in [0.1, 0.15) is 0 Å². The Kier molecular flexibility index (Phi) is 4.77. The van der Waals surface area contributed by atoms with E-state index in [-0.39, 0.29) is 0 Å². The number of rotatable bonds is 7. The highest BCUT2D eigenvalue weighted by atomic mass is 32.2. The van der Waals surface area contributed by atoms with Crippen LogP contribution in [0.2, 0.25) is 0 Å². The highest BCUT2D eigenvalue weighted by molar-refractivity contribution is 7.99. The molecule has 0 heterocycles. The van der Waals surface area contributed by atoms with Gasteiger partial charge in [-0.3, -0.25) is 0 Å². The van der Waals surface area contributed by atoms with Crippen molar-refractivity contribution in [2.75, 3.05) is 12.3 Å². The minimum Gasteiger partial charge on any atom is -0.312 e. The summed E-state index contributed by atoms with van der Waals surface area (Å²) in [5.74, 6) is 1.98. The molecule has 20 heavy (non-hydrogen) atoms. The summed E-state index contributed by atoms with van der Waals surface area (Å²) < 4.78 is 0. The topological polar surface area (TPSA) is 12.0 Å². The molecule has 1 aliphatic rings. The molecule has 1 aliphatic carbocycles. The van der Waals surface area contributed by atoms with E-state index in [9.17, 15) is 0 Å². The Morgan fingerprint density at radius 2 is 1.70 bits per heavy atom. The average molecular weight is 283 g/mol. The van der Waals surface area contributed by atoms with Crippen molar-refractivity contribution in [3.05, 3.63) is 65.7 Å². The molecule has 0 saturated heterocycles.